The Morgan fingerprint density at radius 1 is 0.960 bits per heavy atom. The van der Waals surface area contributed by atoms with E-state index in [1.54, 1.807) is 19.1 Å². The summed E-state index contributed by atoms with van der Waals surface area (Å²) < 4.78 is 13.5. The average molecular weight is 377 g/mol. The number of hydrogen-bond donors (Lipinski definition) is 4. The van der Waals surface area contributed by atoms with Crippen LogP contribution in [0.2, 0.25) is 0 Å². The molecule has 4 N–H and O–H groups in total. The second-order valence-corrected chi connectivity index (χ2v) is 6.40. The van der Waals surface area contributed by atoms with Gasteiger partial charge in [0.1, 0.15) is 5.82 Å². The highest BCUT2D eigenvalue weighted by atomic mass is 32.1. The summed E-state index contributed by atoms with van der Waals surface area (Å²) in [5.74, 6) is -0.287. The third-order valence-corrected chi connectivity index (χ3v) is 4.11. The number of halogens is 1. The molecule has 0 aliphatic rings. The molecular weight excluding hydrogens is 355 g/mol. The summed E-state index contributed by atoms with van der Waals surface area (Å²) in [4.78, 5) is 0. The fraction of sp³-hybridized carbons (Fsp3) is 0.222. The number of benzene rings is 2. The van der Waals surface area contributed by atoms with Gasteiger partial charge in [-0.15, -0.1) is 0 Å². The minimum Gasteiger partial charge on any atom is -0.331 e. The van der Waals surface area contributed by atoms with E-state index in [0.29, 0.717) is 16.4 Å². The standard InChI is InChI=1S/C18H21FN4S2/c1-4-13-7-5-6-12(3)16(13)21-18(25)23-22-17(24)20-14-9-8-11(2)15(19)10-14/h5-10H,4H2,1-3H3,(H2,20,22,24)(H2,21,23,25). The summed E-state index contributed by atoms with van der Waals surface area (Å²) in [5.41, 5.74) is 10.0. The molecule has 0 radical (unpaired) electrons. The molecule has 0 saturated carbocycles. The number of nitrogens with one attached hydrogen (secondary N) is 4. The van der Waals surface area contributed by atoms with E-state index in [1.165, 1.54) is 11.6 Å². The van der Waals surface area contributed by atoms with Crippen molar-refractivity contribution < 1.29 is 4.39 Å². The normalized spacial score (nSPS) is 10.1. The van der Waals surface area contributed by atoms with Crippen molar-refractivity contribution in [3.05, 3.63) is 58.9 Å². The summed E-state index contributed by atoms with van der Waals surface area (Å²) in [6, 6.07) is 10.9. The summed E-state index contributed by atoms with van der Waals surface area (Å²) in [6.07, 6.45) is 0.902. The van der Waals surface area contributed by atoms with E-state index in [9.17, 15) is 4.39 Å². The largest absolute Gasteiger partial charge is 0.331 e. The van der Waals surface area contributed by atoms with Crippen molar-refractivity contribution in [1.29, 1.82) is 0 Å². The molecule has 0 aromatic heterocycles. The minimum atomic E-state index is -0.287. The van der Waals surface area contributed by atoms with Crippen LogP contribution in [0.3, 0.4) is 0 Å². The van der Waals surface area contributed by atoms with Gasteiger partial charge >= 0.3 is 0 Å². The third-order valence-electron chi connectivity index (χ3n) is 3.70. The summed E-state index contributed by atoms with van der Waals surface area (Å²) in [6.45, 7) is 5.82. The van der Waals surface area contributed by atoms with Crippen LogP contribution in [0.4, 0.5) is 15.8 Å². The fourth-order valence-electron chi connectivity index (χ4n) is 2.29. The van der Waals surface area contributed by atoms with Crippen molar-refractivity contribution in [2.24, 2.45) is 0 Å². The number of hydrogen-bond acceptors (Lipinski definition) is 2. The van der Waals surface area contributed by atoms with Crippen molar-refractivity contribution in [3.63, 3.8) is 0 Å². The maximum absolute atomic E-state index is 13.5. The zero-order chi connectivity index (χ0) is 18.4. The minimum absolute atomic E-state index is 0.285. The number of thiocarbonyl (C=S) groups is 2. The molecule has 7 heteroatoms. The molecule has 2 aromatic rings. The molecule has 0 bridgehead atoms. The Balaban J connectivity index is 1.89. The van der Waals surface area contributed by atoms with E-state index in [2.05, 4.69) is 34.5 Å². The molecule has 4 nitrogen and oxygen atoms in total. The first kappa shape index (κ1) is 19.1. The van der Waals surface area contributed by atoms with E-state index in [4.69, 9.17) is 24.4 Å². The van der Waals surface area contributed by atoms with Crippen molar-refractivity contribution in [2.45, 2.75) is 27.2 Å². The summed E-state index contributed by atoms with van der Waals surface area (Å²) >= 11 is 10.5. The van der Waals surface area contributed by atoms with E-state index in [0.717, 1.165) is 17.7 Å². The van der Waals surface area contributed by atoms with Crippen molar-refractivity contribution in [3.8, 4) is 0 Å². The first-order chi connectivity index (χ1) is 11.9. The van der Waals surface area contributed by atoms with E-state index in [-0.39, 0.29) is 10.9 Å². The number of para-hydroxylation sites is 1. The Morgan fingerprint density at radius 3 is 2.28 bits per heavy atom. The first-order valence-corrected chi connectivity index (χ1v) is 8.71. The van der Waals surface area contributed by atoms with Crippen LogP contribution >= 0.6 is 24.4 Å². The number of aryl methyl sites for hydroxylation is 3. The molecule has 2 aromatic carbocycles. The predicted octanol–water partition coefficient (Wildman–Crippen LogP) is 4.19. The van der Waals surface area contributed by atoms with Gasteiger partial charge in [0, 0.05) is 11.4 Å². The molecule has 0 aliphatic carbocycles. The van der Waals surface area contributed by atoms with Crippen LogP contribution in [0.1, 0.15) is 23.6 Å². The maximum Gasteiger partial charge on any atom is 0.189 e. The number of rotatable bonds is 3. The Labute approximate surface area is 158 Å². The van der Waals surface area contributed by atoms with Gasteiger partial charge in [0.2, 0.25) is 0 Å². The molecule has 2 rings (SSSR count). The SMILES string of the molecule is CCc1cccc(C)c1NC(=S)NNC(=S)Nc1ccc(C)c(F)c1. The van der Waals surface area contributed by atoms with E-state index in [1.807, 2.05) is 19.1 Å². The van der Waals surface area contributed by atoms with Gasteiger partial charge in [-0.05, 0) is 73.5 Å². The molecule has 0 spiro atoms. The molecule has 0 saturated heterocycles. The molecule has 25 heavy (non-hydrogen) atoms. The second-order valence-electron chi connectivity index (χ2n) is 5.58. The molecule has 132 valence electrons. The van der Waals surface area contributed by atoms with Gasteiger partial charge in [0.05, 0.1) is 0 Å². The summed E-state index contributed by atoms with van der Waals surface area (Å²) in [7, 11) is 0. The maximum atomic E-state index is 13.5. The molecule has 0 atom stereocenters. The molecule has 0 amide bonds. The van der Waals surface area contributed by atoms with Crippen LogP contribution in [0.5, 0.6) is 0 Å². The van der Waals surface area contributed by atoms with Gasteiger partial charge < -0.3 is 10.6 Å². The van der Waals surface area contributed by atoms with Crippen molar-refractivity contribution in [1.82, 2.24) is 10.9 Å². The van der Waals surface area contributed by atoms with Crippen LogP contribution in [0.25, 0.3) is 0 Å². The highest BCUT2D eigenvalue weighted by Crippen LogP contribution is 2.20. The Bertz CT molecular complexity index is 793. The predicted molar refractivity (Wildman–Crippen MR) is 110 cm³/mol. The highest BCUT2D eigenvalue weighted by Gasteiger charge is 2.07. The fourth-order valence-corrected chi connectivity index (χ4v) is 2.62. The van der Waals surface area contributed by atoms with Gasteiger partial charge in [-0.25, -0.2) is 4.39 Å². The molecule has 0 aliphatic heterocycles. The zero-order valence-corrected chi connectivity index (χ0v) is 16.0. The Hall–Kier alpha value is -2.25. The Kier molecular flexibility index (Phi) is 6.66. The van der Waals surface area contributed by atoms with Gasteiger partial charge in [-0.1, -0.05) is 31.2 Å². The van der Waals surface area contributed by atoms with Crippen LogP contribution < -0.4 is 21.5 Å². The highest BCUT2D eigenvalue weighted by molar-refractivity contribution is 7.81. The zero-order valence-electron chi connectivity index (χ0n) is 14.4. The van der Waals surface area contributed by atoms with Crippen molar-refractivity contribution in [2.75, 3.05) is 10.6 Å². The lowest BCUT2D eigenvalue weighted by Crippen LogP contribution is -2.45. The molecule has 0 heterocycles. The lowest BCUT2D eigenvalue weighted by atomic mass is 10.1. The van der Waals surface area contributed by atoms with Crippen LogP contribution in [0.15, 0.2) is 36.4 Å². The second kappa shape index (κ2) is 8.73. The number of hydrazine groups is 1. The third kappa shape index (κ3) is 5.37. The van der Waals surface area contributed by atoms with E-state index >= 15 is 0 Å². The van der Waals surface area contributed by atoms with Gasteiger partial charge in [0.15, 0.2) is 10.2 Å². The Morgan fingerprint density at radius 2 is 1.64 bits per heavy atom. The summed E-state index contributed by atoms with van der Waals surface area (Å²) in [5, 5.41) is 6.75. The average Bonchev–Trinajstić information content (AvgIpc) is 2.58. The lowest BCUT2D eigenvalue weighted by molar-refractivity contribution is 0.619. The lowest BCUT2D eigenvalue weighted by Gasteiger charge is -2.17. The van der Waals surface area contributed by atoms with Gasteiger partial charge in [0.25, 0.3) is 0 Å². The number of anilines is 2. The smallest absolute Gasteiger partial charge is 0.189 e. The van der Waals surface area contributed by atoms with E-state index < -0.39 is 0 Å². The van der Waals surface area contributed by atoms with Crippen LogP contribution in [-0.2, 0) is 6.42 Å². The molecule has 0 fully saturated rings. The van der Waals surface area contributed by atoms with Gasteiger partial charge in [-0.3, -0.25) is 10.9 Å². The monoisotopic (exact) mass is 376 g/mol. The van der Waals surface area contributed by atoms with Crippen LogP contribution in [-0.4, -0.2) is 10.2 Å². The van der Waals surface area contributed by atoms with Crippen molar-refractivity contribution >= 4 is 46.0 Å². The molecular formula is C18H21FN4S2. The van der Waals surface area contributed by atoms with Gasteiger partial charge in [-0.2, -0.15) is 0 Å². The topological polar surface area (TPSA) is 48.1 Å². The molecule has 0 unspecified atom stereocenters. The van der Waals surface area contributed by atoms with Crippen LogP contribution in [0, 0.1) is 19.7 Å². The quantitative estimate of drug-likeness (QED) is 0.476. The first-order valence-electron chi connectivity index (χ1n) is 7.89.